The lowest BCUT2D eigenvalue weighted by atomic mass is 10.2. The van der Waals surface area contributed by atoms with Gasteiger partial charge in [0.15, 0.2) is 11.5 Å². The van der Waals surface area contributed by atoms with Gasteiger partial charge in [0.05, 0.1) is 20.8 Å². The number of aromatic nitrogens is 2. The Bertz CT molecular complexity index is 679. The summed E-state index contributed by atoms with van der Waals surface area (Å²) in [6, 6.07) is 4.38. The lowest BCUT2D eigenvalue weighted by Crippen LogP contribution is -2.22. The molecule has 0 unspecified atom stereocenters. The van der Waals surface area contributed by atoms with Crippen LogP contribution in [0.5, 0.6) is 17.2 Å². The van der Waals surface area contributed by atoms with Gasteiger partial charge in [0.1, 0.15) is 11.4 Å². The molecule has 0 amide bonds. The smallest absolute Gasteiger partial charge is 0.254 e. The summed E-state index contributed by atoms with van der Waals surface area (Å²) in [6.45, 7) is 1.99. The maximum absolute atomic E-state index is 11.9. The van der Waals surface area contributed by atoms with E-state index in [1.807, 2.05) is 0 Å². The van der Waals surface area contributed by atoms with Gasteiger partial charge in [-0.1, -0.05) is 0 Å². The normalized spacial score (nSPS) is 10.3. The lowest BCUT2D eigenvalue weighted by Gasteiger charge is -2.14. The molecule has 0 fully saturated rings. The maximum atomic E-state index is 11.9. The first kappa shape index (κ1) is 13.9. The van der Waals surface area contributed by atoms with Crippen LogP contribution in [0.3, 0.4) is 0 Å². The number of nitrogens with zero attached hydrogens (tertiary/aromatic N) is 2. The molecule has 0 radical (unpaired) electrons. The fraction of sp³-hybridized carbons (Fsp3) is 0.286. The minimum absolute atomic E-state index is 0.0469. The highest BCUT2D eigenvalue weighted by Crippen LogP contribution is 2.29. The van der Waals surface area contributed by atoms with Crippen molar-refractivity contribution in [1.29, 1.82) is 0 Å². The highest BCUT2D eigenvalue weighted by molar-refractivity contribution is 5.42. The second-order valence-corrected chi connectivity index (χ2v) is 4.27. The van der Waals surface area contributed by atoms with Crippen LogP contribution in [0.15, 0.2) is 29.2 Å². The number of aromatic hydroxyl groups is 1. The number of hydrogen-bond acceptors (Lipinski definition) is 5. The van der Waals surface area contributed by atoms with Crippen LogP contribution in [0.4, 0.5) is 0 Å². The molecule has 1 N–H and O–H groups in total. The van der Waals surface area contributed by atoms with Crippen molar-refractivity contribution in [3.63, 3.8) is 0 Å². The van der Waals surface area contributed by atoms with Gasteiger partial charge in [0.2, 0.25) is 0 Å². The SMILES string of the molecule is COc1ccnc(Cn2c(C)cc(O)cc2=O)c1OC. The van der Waals surface area contributed by atoms with E-state index >= 15 is 0 Å². The molecule has 0 aliphatic rings. The van der Waals surface area contributed by atoms with Gasteiger partial charge in [0, 0.05) is 24.0 Å². The van der Waals surface area contributed by atoms with Gasteiger partial charge >= 0.3 is 0 Å². The van der Waals surface area contributed by atoms with E-state index in [-0.39, 0.29) is 17.9 Å². The van der Waals surface area contributed by atoms with Crippen molar-refractivity contribution in [2.45, 2.75) is 13.5 Å². The maximum Gasteiger partial charge on any atom is 0.254 e. The summed E-state index contributed by atoms with van der Waals surface area (Å²) in [6.07, 6.45) is 1.59. The predicted molar refractivity (Wildman–Crippen MR) is 73.5 cm³/mol. The molecule has 2 aromatic heterocycles. The summed E-state index contributed by atoms with van der Waals surface area (Å²) >= 11 is 0. The Hall–Kier alpha value is -2.50. The van der Waals surface area contributed by atoms with Crippen LogP contribution in [0, 0.1) is 6.92 Å². The van der Waals surface area contributed by atoms with Crippen LogP contribution < -0.4 is 15.0 Å². The van der Waals surface area contributed by atoms with Gasteiger partial charge in [-0.2, -0.15) is 0 Å². The van der Waals surface area contributed by atoms with Gasteiger partial charge in [-0.3, -0.25) is 9.78 Å². The fourth-order valence-electron chi connectivity index (χ4n) is 2.03. The Labute approximate surface area is 116 Å². The zero-order chi connectivity index (χ0) is 14.7. The van der Waals surface area contributed by atoms with Crippen LogP contribution in [-0.4, -0.2) is 28.9 Å². The summed E-state index contributed by atoms with van der Waals surface area (Å²) in [5.74, 6) is 1.01. The molecule has 0 saturated carbocycles. The quantitative estimate of drug-likeness (QED) is 0.911. The van der Waals surface area contributed by atoms with E-state index in [1.165, 1.54) is 23.8 Å². The minimum Gasteiger partial charge on any atom is -0.508 e. The third kappa shape index (κ3) is 2.59. The van der Waals surface area contributed by atoms with Gasteiger partial charge in [-0.15, -0.1) is 0 Å². The Kier molecular flexibility index (Phi) is 3.93. The van der Waals surface area contributed by atoms with Gasteiger partial charge in [-0.05, 0) is 13.0 Å². The van der Waals surface area contributed by atoms with E-state index in [9.17, 15) is 9.90 Å². The molecule has 0 saturated heterocycles. The van der Waals surface area contributed by atoms with Crippen LogP contribution in [0.2, 0.25) is 0 Å². The molecule has 0 spiro atoms. The Morgan fingerprint density at radius 2 is 2.05 bits per heavy atom. The van der Waals surface area contributed by atoms with Gasteiger partial charge in [0.25, 0.3) is 5.56 Å². The van der Waals surface area contributed by atoms with Crippen molar-refractivity contribution < 1.29 is 14.6 Å². The second kappa shape index (κ2) is 5.64. The zero-order valence-corrected chi connectivity index (χ0v) is 11.6. The van der Waals surface area contributed by atoms with E-state index in [0.29, 0.717) is 22.9 Å². The molecule has 0 aliphatic heterocycles. The highest BCUT2D eigenvalue weighted by atomic mass is 16.5. The molecule has 6 heteroatoms. The van der Waals surface area contributed by atoms with E-state index in [1.54, 1.807) is 26.3 Å². The highest BCUT2D eigenvalue weighted by Gasteiger charge is 2.13. The fourth-order valence-corrected chi connectivity index (χ4v) is 2.03. The number of methoxy groups -OCH3 is 2. The van der Waals surface area contributed by atoms with Crippen LogP contribution in [-0.2, 0) is 6.54 Å². The Morgan fingerprint density at radius 1 is 1.30 bits per heavy atom. The molecule has 20 heavy (non-hydrogen) atoms. The number of ether oxygens (including phenoxy) is 2. The van der Waals surface area contributed by atoms with Crippen LogP contribution >= 0.6 is 0 Å². The van der Waals surface area contributed by atoms with Crippen molar-refractivity contribution in [3.8, 4) is 17.2 Å². The number of rotatable bonds is 4. The summed E-state index contributed by atoms with van der Waals surface area (Å²) < 4.78 is 12.0. The third-order valence-electron chi connectivity index (χ3n) is 2.99. The van der Waals surface area contributed by atoms with Crippen LogP contribution in [0.25, 0.3) is 0 Å². The molecule has 0 aromatic carbocycles. The molecular weight excluding hydrogens is 260 g/mol. The standard InChI is InChI=1S/C14H16N2O4/c1-9-6-10(17)7-13(18)16(9)8-11-14(20-3)12(19-2)4-5-15-11/h4-7,17H,8H2,1-3H3. The van der Waals surface area contributed by atoms with E-state index in [4.69, 9.17) is 9.47 Å². The summed E-state index contributed by atoms with van der Waals surface area (Å²) in [5, 5.41) is 9.39. The summed E-state index contributed by atoms with van der Waals surface area (Å²) in [7, 11) is 3.06. The van der Waals surface area contributed by atoms with Crippen molar-refractivity contribution in [1.82, 2.24) is 9.55 Å². The first-order chi connectivity index (χ1) is 9.56. The van der Waals surface area contributed by atoms with Gasteiger partial charge in [-0.25, -0.2) is 0 Å². The second-order valence-electron chi connectivity index (χ2n) is 4.27. The molecule has 106 valence electrons. The first-order valence-corrected chi connectivity index (χ1v) is 6.03. The van der Waals surface area contributed by atoms with Crippen molar-refractivity contribution >= 4 is 0 Å². The molecule has 6 nitrogen and oxygen atoms in total. The average molecular weight is 276 g/mol. The molecule has 0 aliphatic carbocycles. The minimum atomic E-state index is -0.297. The molecular formula is C14H16N2O4. The largest absolute Gasteiger partial charge is 0.508 e. The Balaban J connectivity index is 2.48. The average Bonchev–Trinajstić information content (AvgIpc) is 2.42. The topological polar surface area (TPSA) is 73.6 Å². The van der Waals surface area contributed by atoms with Crippen LogP contribution in [0.1, 0.15) is 11.4 Å². The Morgan fingerprint density at radius 3 is 2.65 bits per heavy atom. The lowest BCUT2D eigenvalue weighted by molar-refractivity contribution is 0.348. The van der Waals surface area contributed by atoms with Gasteiger partial charge < -0.3 is 19.1 Å². The van der Waals surface area contributed by atoms with E-state index in [0.717, 1.165) is 0 Å². The summed E-state index contributed by atoms with van der Waals surface area (Å²) in [5.41, 5.74) is 0.929. The molecule has 0 atom stereocenters. The van der Waals surface area contributed by atoms with Crippen molar-refractivity contribution in [2.24, 2.45) is 0 Å². The van der Waals surface area contributed by atoms with Crippen molar-refractivity contribution in [3.05, 3.63) is 46.1 Å². The molecule has 0 bridgehead atoms. The van der Waals surface area contributed by atoms with Crippen molar-refractivity contribution in [2.75, 3.05) is 14.2 Å². The first-order valence-electron chi connectivity index (χ1n) is 6.03. The third-order valence-corrected chi connectivity index (χ3v) is 2.99. The molecule has 2 aromatic rings. The summed E-state index contributed by atoms with van der Waals surface area (Å²) in [4.78, 5) is 16.2. The van der Waals surface area contributed by atoms with E-state index < -0.39 is 0 Å². The molecule has 2 rings (SSSR count). The molecule has 2 heterocycles. The predicted octanol–water partition coefficient (Wildman–Crippen LogP) is 1.32. The zero-order valence-electron chi connectivity index (χ0n) is 11.6. The number of aryl methyl sites for hydroxylation is 1. The van der Waals surface area contributed by atoms with E-state index in [2.05, 4.69) is 4.98 Å². The monoisotopic (exact) mass is 276 g/mol. The number of hydrogen-bond donors (Lipinski definition) is 1. The number of pyridine rings is 2.